The number of esters is 1. The van der Waals surface area contributed by atoms with E-state index < -0.39 is 12.0 Å². The van der Waals surface area contributed by atoms with Crippen molar-refractivity contribution in [2.45, 2.75) is 32.2 Å². The van der Waals surface area contributed by atoms with Crippen molar-refractivity contribution in [1.29, 1.82) is 0 Å². The van der Waals surface area contributed by atoms with Gasteiger partial charge in [0.2, 0.25) is 0 Å². The Labute approximate surface area is 153 Å². The van der Waals surface area contributed by atoms with Crippen LogP contribution in [0.3, 0.4) is 0 Å². The van der Waals surface area contributed by atoms with Gasteiger partial charge in [0.1, 0.15) is 11.8 Å². The number of aryl methyl sites for hydroxylation is 1. The van der Waals surface area contributed by atoms with Crippen molar-refractivity contribution >= 4 is 17.5 Å². The van der Waals surface area contributed by atoms with Crippen LogP contribution in [0.2, 0.25) is 0 Å². The first-order valence-corrected chi connectivity index (χ1v) is 8.84. The summed E-state index contributed by atoms with van der Waals surface area (Å²) in [6.45, 7) is 2.04. The zero-order valence-electron chi connectivity index (χ0n) is 14.8. The number of Topliss-reactive ketones (excluding diaryl/α,β-unsaturated/α-hetero) is 1. The predicted octanol–water partition coefficient (Wildman–Crippen LogP) is 2.94. The number of ether oxygens (including phenoxy) is 1. The van der Waals surface area contributed by atoms with Crippen molar-refractivity contribution in [2.24, 2.45) is 5.10 Å². The zero-order chi connectivity index (χ0) is 18.4. The van der Waals surface area contributed by atoms with Crippen LogP contribution in [-0.2, 0) is 22.4 Å². The van der Waals surface area contributed by atoms with E-state index in [0.29, 0.717) is 12.8 Å². The van der Waals surface area contributed by atoms with E-state index in [4.69, 9.17) is 4.74 Å². The van der Waals surface area contributed by atoms with E-state index in [0.717, 1.165) is 23.1 Å². The van der Waals surface area contributed by atoms with Gasteiger partial charge >= 0.3 is 5.97 Å². The Morgan fingerprint density at radius 2 is 1.88 bits per heavy atom. The summed E-state index contributed by atoms with van der Waals surface area (Å²) in [4.78, 5) is 24.9. The summed E-state index contributed by atoms with van der Waals surface area (Å²) in [6, 6.07) is 16.8. The van der Waals surface area contributed by atoms with Gasteiger partial charge in [-0.15, -0.1) is 0 Å². The third kappa shape index (κ3) is 4.17. The van der Waals surface area contributed by atoms with Crippen molar-refractivity contribution in [3.8, 4) is 0 Å². The van der Waals surface area contributed by atoms with Crippen LogP contribution < -0.4 is 5.43 Å². The highest BCUT2D eigenvalue weighted by molar-refractivity contribution is 6.36. The molecule has 1 aliphatic rings. The number of carbonyl (C=O) groups excluding carboxylic acids is 2. The average molecular weight is 350 g/mol. The van der Waals surface area contributed by atoms with E-state index in [2.05, 4.69) is 10.5 Å². The number of benzene rings is 2. The van der Waals surface area contributed by atoms with E-state index >= 15 is 0 Å². The standard InChI is InChI=1S/C21H22N2O3/c1-2-26-21(25)19(14-15-8-4-3-5-9-15)23-22-18-13-12-16-10-6-7-11-17(16)20(18)24/h3-11,18,22H,2,12-14H2,1H3/b23-19+/t18-/m0/s1. The number of fused-ring (bicyclic) bond motifs is 1. The first-order chi connectivity index (χ1) is 12.7. The van der Waals surface area contributed by atoms with E-state index in [-0.39, 0.29) is 18.1 Å². The lowest BCUT2D eigenvalue weighted by Crippen LogP contribution is -2.39. The minimum atomic E-state index is -0.465. The van der Waals surface area contributed by atoms with Crippen LogP contribution in [0.1, 0.15) is 34.8 Å². The topological polar surface area (TPSA) is 67.8 Å². The van der Waals surface area contributed by atoms with E-state index in [1.54, 1.807) is 6.92 Å². The molecule has 0 unspecified atom stereocenters. The van der Waals surface area contributed by atoms with Gasteiger partial charge in [-0.1, -0.05) is 54.6 Å². The fourth-order valence-electron chi connectivity index (χ4n) is 3.04. The SMILES string of the molecule is CCOC(=O)/C(Cc1ccccc1)=N/N[C@H]1CCc2ccccc2C1=O. The van der Waals surface area contributed by atoms with Crippen molar-refractivity contribution in [1.82, 2.24) is 5.43 Å². The molecular weight excluding hydrogens is 328 g/mol. The molecule has 1 atom stereocenters. The molecule has 0 aromatic heterocycles. The minimum Gasteiger partial charge on any atom is -0.461 e. The molecule has 0 fully saturated rings. The molecule has 5 heteroatoms. The monoisotopic (exact) mass is 350 g/mol. The van der Waals surface area contributed by atoms with Gasteiger partial charge in [-0.2, -0.15) is 5.10 Å². The molecule has 3 rings (SSSR count). The summed E-state index contributed by atoms with van der Waals surface area (Å²) in [5, 5.41) is 4.26. The fraction of sp³-hybridized carbons (Fsp3) is 0.286. The lowest BCUT2D eigenvalue weighted by Gasteiger charge is -2.23. The Kier molecular flexibility index (Phi) is 5.79. The number of carbonyl (C=O) groups is 2. The van der Waals surface area contributed by atoms with Gasteiger partial charge in [-0.25, -0.2) is 4.79 Å². The fourth-order valence-corrected chi connectivity index (χ4v) is 3.04. The number of ketones is 1. The van der Waals surface area contributed by atoms with Crippen LogP contribution in [0.25, 0.3) is 0 Å². The molecule has 1 N–H and O–H groups in total. The van der Waals surface area contributed by atoms with Crippen molar-refractivity contribution in [3.63, 3.8) is 0 Å². The largest absolute Gasteiger partial charge is 0.461 e. The van der Waals surface area contributed by atoms with Crippen molar-refractivity contribution < 1.29 is 14.3 Å². The third-order valence-corrected chi connectivity index (χ3v) is 4.38. The second-order valence-electron chi connectivity index (χ2n) is 6.18. The van der Waals surface area contributed by atoms with Gasteiger partial charge in [0.15, 0.2) is 5.78 Å². The van der Waals surface area contributed by atoms with E-state index in [1.807, 2.05) is 54.6 Å². The number of hydrogen-bond donors (Lipinski definition) is 1. The van der Waals surface area contributed by atoms with Crippen molar-refractivity contribution in [3.05, 3.63) is 71.3 Å². The highest BCUT2D eigenvalue weighted by atomic mass is 16.5. The Bertz CT molecular complexity index is 815. The van der Waals surface area contributed by atoms with Gasteiger partial charge < -0.3 is 4.74 Å². The van der Waals surface area contributed by atoms with Crippen LogP contribution in [-0.4, -0.2) is 30.1 Å². The first-order valence-electron chi connectivity index (χ1n) is 8.84. The molecule has 0 saturated heterocycles. The molecule has 0 saturated carbocycles. The van der Waals surface area contributed by atoms with Crippen LogP contribution in [0, 0.1) is 0 Å². The number of hydrogen-bond acceptors (Lipinski definition) is 5. The number of nitrogens with one attached hydrogen (secondary N) is 1. The molecule has 0 bridgehead atoms. The average Bonchev–Trinajstić information content (AvgIpc) is 2.67. The number of hydrazone groups is 1. The van der Waals surface area contributed by atoms with Gasteiger partial charge in [0, 0.05) is 12.0 Å². The van der Waals surface area contributed by atoms with Crippen LogP contribution in [0.15, 0.2) is 59.7 Å². The van der Waals surface area contributed by atoms with E-state index in [9.17, 15) is 9.59 Å². The van der Waals surface area contributed by atoms with E-state index in [1.165, 1.54) is 0 Å². The minimum absolute atomic E-state index is 0.0125. The zero-order valence-corrected chi connectivity index (χ0v) is 14.8. The number of nitrogens with zero attached hydrogens (tertiary/aromatic N) is 1. The Hall–Kier alpha value is -2.95. The molecule has 0 spiro atoms. The lowest BCUT2D eigenvalue weighted by molar-refractivity contribution is -0.135. The molecule has 0 radical (unpaired) electrons. The maximum Gasteiger partial charge on any atom is 0.354 e. The molecular formula is C21H22N2O3. The maximum atomic E-state index is 12.6. The smallest absolute Gasteiger partial charge is 0.354 e. The van der Waals surface area contributed by atoms with Gasteiger partial charge in [-0.05, 0) is 30.9 Å². The first kappa shape index (κ1) is 17.9. The predicted molar refractivity (Wildman–Crippen MR) is 100 cm³/mol. The summed E-state index contributed by atoms with van der Waals surface area (Å²) in [6.07, 6.45) is 1.81. The molecule has 0 amide bonds. The normalized spacial score (nSPS) is 16.7. The highest BCUT2D eigenvalue weighted by Gasteiger charge is 2.27. The quantitative estimate of drug-likeness (QED) is 0.494. The molecule has 0 aliphatic heterocycles. The summed E-state index contributed by atoms with van der Waals surface area (Å²) in [5.41, 5.74) is 5.93. The molecule has 26 heavy (non-hydrogen) atoms. The Morgan fingerprint density at radius 1 is 1.15 bits per heavy atom. The van der Waals surface area contributed by atoms with Crippen LogP contribution >= 0.6 is 0 Å². The molecule has 134 valence electrons. The second kappa shape index (κ2) is 8.43. The van der Waals surface area contributed by atoms with Gasteiger partial charge in [0.25, 0.3) is 0 Å². The second-order valence-corrected chi connectivity index (χ2v) is 6.18. The van der Waals surface area contributed by atoms with Gasteiger partial charge in [0.05, 0.1) is 6.61 Å². The third-order valence-electron chi connectivity index (χ3n) is 4.38. The molecule has 0 heterocycles. The molecule has 1 aliphatic carbocycles. The number of rotatable bonds is 6. The van der Waals surface area contributed by atoms with Crippen LogP contribution in [0.5, 0.6) is 0 Å². The van der Waals surface area contributed by atoms with Crippen molar-refractivity contribution in [2.75, 3.05) is 6.61 Å². The summed E-state index contributed by atoms with van der Waals surface area (Å²) in [5.74, 6) is -0.453. The summed E-state index contributed by atoms with van der Waals surface area (Å²) in [7, 11) is 0. The Balaban J connectivity index is 1.76. The summed E-state index contributed by atoms with van der Waals surface area (Å²) < 4.78 is 5.10. The lowest BCUT2D eigenvalue weighted by atomic mass is 9.87. The maximum absolute atomic E-state index is 12.6. The Morgan fingerprint density at radius 3 is 2.65 bits per heavy atom. The van der Waals surface area contributed by atoms with Crippen LogP contribution in [0.4, 0.5) is 0 Å². The highest BCUT2D eigenvalue weighted by Crippen LogP contribution is 2.21. The molecule has 5 nitrogen and oxygen atoms in total. The molecule has 2 aromatic rings. The van der Waals surface area contributed by atoms with Gasteiger partial charge in [-0.3, -0.25) is 10.2 Å². The summed E-state index contributed by atoms with van der Waals surface area (Å²) >= 11 is 0. The molecule has 2 aromatic carbocycles.